The fourth-order valence-electron chi connectivity index (χ4n) is 3.25. The average molecular weight is 376 g/mol. The first-order chi connectivity index (χ1) is 12.8. The normalized spacial score (nSPS) is 15.5. The largest absolute Gasteiger partial charge is 0.494 e. The first kappa shape index (κ1) is 21.3. The second-order valence-corrected chi connectivity index (χ2v) is 8.13. The number of hydrogen-bond acceptors (Lipinski definition) is 4. The summed E-state index contributed by atoms with van der Waals surface area (Å²) in [5.41, 5.74) is 1.40. The monoisotopic (exact) mass is 375 g/mol. The van der Waals surface area contributed by atoms with Gasteiger partial charge in [-0.3, -0.25) is 9.59 Å². The van der Waals surface area contributed by atoms with E-state index in [4.69, 9.17) is 9.47 Å². The summed E-state index contributed by atoms with van der Waals surface area (Å²) >= 11 is 0. The van der Waals surface area contributed by atoms with Crippen molar-refractivity contribution in [3.05, 3.63) is 29.8 Å². The molecule has 0 spiro atoms. The van der Waals surface area contributed by atoms with E-state index < -0.39 is 0 Å². The molecular weight excluding hydrogens is 342 g/mol. The van der Waals surface area contributed by atoms with E-state index in [0.29, 0.717) is 52.0 Å². The van der Waals surface area contributed by atoms with Crippen molar-refractivity contribution < 1.29 is 19.1 Å². The maximum Gasteiger partial charge on any atom is 0.309 e. The van der Waals surface area contributed by atoms with E-state index in [1.54, 1.807) is 0 Å². The molecule has 5 nitrogen and oxygen atoms in total. The Bertz CT molecular complexity index is 610. The lowest BCUT2D eigenvalue weighted by Crippen LogP contribution is -2.40. The molecule has 2 rings (SSSR count). The van der Waals surface area contributed by atoms with Gasteiger partial charge in [0.2, 0.25) is 5.91 Å². The van der Waals surface area contributed by atoms with E-state index in [9.17, 15) is 9.59 Å². The summed E-state index contributed by atoms with van der Waals surface area (Å²) in [7, 11) is 0. The summed E-state index contributed by atoms with van der Waals surface area (Å²) in [5.74, 6) is 0.790. The third-order valence-electron chi connectivity index (χ3n) is 4.99. The standard InChI is InChI=1S/C22H33NO4/c1-5-26-21(25)17-12-14-23(15-13-17)20(24)7-6-16-27-19-10-8-18(9-11-19)22(2,3)4/h8-11,17H,5-7,12-16H2,1-4H3. The predicted octanol–water partition coefficient (Wildman–Crippen LogP) is 3.94. The fraction of sp³-hybridized carbons (Fsp3) is 0.636. The molecule has 150 valence electrons. The number of carbonyl (C=O) groups is 2. The number of amides is 1. The lowest BCUT2D eigenvalue weighted by atomic mass is 9.87. The van der Waals surface area contributed by atoms with Crippen LogP contribution in [-0.4, -0.2) is 43.1 Å². The van der Waals surface area contributed by atoms with Crippen LogP contribution in [0, 0.1) is 5.92 Å². The Morgan fingerprint density at radius 1 is 1.11 bits per heavy atom. The van der Waals surface area contributed by atoms with Crippen LogP contribution in [0.3, 0.4) is 0 Å². The Morgan fingerprint density at radius 2 is 1.74 bits per heavy atom. The van der Waals surface area contributed by atoms with Crippen LogP contribution in [0.25, 0.3) is 0 Å². The number of benzene rings is 1. The van der Waals surface area contributed by atoms with E-state index >= 15 is 0 Å². The zero-order valence-corrected chi connectivity index (χ0v) is 17.1. The zero-order valence-electron chi connectivity index (χ0n) is 17.1. The van der Waals surface area contributed by atoms with Crippen molar-refractivity contribution in [3.8, 4) is 5.75 Å². The van der Waals surface area contributed by atoms with Gasteiger partial charge in [0.1, 0.15) is 5.75 Å². The van der Waals surface area contributed by atoms with E-state index in [1.807, 2.05) is 24.0 Å². The highest BCUT2D eigenvalue weighted by Crippen LogP contribution is 2.24. The van der Waals surface area contributed by atoms with Gasteiger partial charge in [-0.25, -0.2) is 0 Å². The molecule has 0 bridgehead atoms. The topological polar surface area (TPSA) is 55.8 Å². The second-order valence-electron chi connectivity index (χ2n) is 8.13. The highest BCUT2D eigenvalue weighted by atomic mass is 16.5. The molecule has 1 heterocycles. The van der Waals surface area contributed by atoms with Gasteiger partial charge in [-0.2, -0.15) is 0 Å². The van der Waals surface area contributed by atoms with Crippen molar-refractivity contribution in [1.82, 2.24) is 4.90 Å². The molecule has 1 saturated heterocycles. The molecule has 5 heteroatoms. The van der Waals surface area contributed by atoms with Gasteiger partial charge in [0.25, 0.3) is 0 Å². The van der Waals surface area contributed by atoms with Crippen LogP contribution in [0.4, 0.5) is 0 Å². The Kier molecular flexibility index (Phi) is 7.69. The van der Waals surface area contributed by atoms with Crippen LogP contribution < -0.4 is 4.74 Å². The van der Waals surface area contributed by atoms with Crippen LogP contribution in [0.5, 0.6) is 5.75 Å². The van der Waals surface area contributed by atoms with Crippen molar-refractivity contribution in [3.63, 3.8) is 0 Å². The van der Waals surface area contributed by atoms with Gasteiger partial charge in [-0.1, -0.05) is 32.9 Å². The van der Waals surface area contributed by atoms with Crippen molar-refractivity contribution in [2.24, 2.45) is 5.92 Å². The fourth-order valence-corrected chi connectivity index (χ4v) is 3.25. The summed E-state index contributed by atoms with van der Waals surface area (Å²) in [6.45, 7) is 10.6. The predicted molar refractivity (Wildman–Crippen MR) is 106 cm³/mol. The number of hydrogen-bond donors (Lipinski definition) is 0. The molecule has 1 aromatic rings. The number of nitrogens with zero attached hydrogens (tertiary/aromatic N) is 1. The summed E-state index contributed by atoms with van der Waals surface area (Å²) < 4.78 is 10.8. The first-order valence-electron chi connectivity index (χ1n) is 9.99. The molecular formula is C22H33NO4. The molecule has 1 aromatic carbocycles. The molecule has 1 aliphatic heterocycles. The third kappa shape index (κ3) is 6.56. The van der Waals surface area contributed by atoms with E-state index in [1.165, 1.54) is 5.56 Å². The highest BCUT2D eigenvalue weighted by Gasteiger charge is 2.27. The van der Waals surface area contributed by atoms with Gasteiger partial charge in [-0.05, 0) is 49.3 Å². The number of carbonyl (C=O) groups excluding carboxylic acids is 2. The molecule has 0 N–H and O–H groups in total. The van der Waals surface area contributed by atoms with Crippen molar-refractivity contribution in [2.45, 2.75) is 58.8 Å². The van der Waals surface area contributed by atoms with Crippen molar-refractivity contribution in [2.75, 3.05) is 26.3 Å². The van der Waals surface area contributed by atoms with E-state index in [2.05, 4.69) is 32.9 Å². The molecule has 0 aromatic heterocycles. The van der Waals surface area contributed by atoms with Gasteiger partial charge in [0, 0.05) is 19.5 Å². The summed E-state index contributed by atoms with van der Waals surface area (Å²) in [5, 5.41) is 0. The summed E-state index contributed by atoms with van der Waals surface area (Å²) in [6.07, 6.45) is 2.56. The van der Waals surface area contributed by atoms with Crippen LogP contribution >= 0.6 is 0 Å². The maximum atomic E-state index is 12.3. The van der Waals surface area contributed by atoms with Gasteiger partial charge >= 0.3 is 5.97 Å². The van der Waals surface area contributed by atoms with Crippen molar-refractivity contribution in [1.29, 1.82) is 0 Å². The Morgan fingerprint density at radius 3 is 2.30 bits per heavy atom. The molecule has 0 unspecified atom stereocenters. The van der Waals surface area contributed by atoms with Gasteiger partial charge < -0.3 is 14.4 Å². The molecule has 0 radical (unpaired) electrons. The molecule has 0 aliphatic carbocycles. The maximum absolute atomic E-state index is 12.3. The van der Waals surface area contributed by atoms with Crippen molar-refractivity contribution >= 4 is 11.9 Å². The molecule has 1 fully saturated rings. The van der Waals surface area contributed by atoms with E-state index in [-0.39, 0.29) is 23.2 Å². The van der Waals surface area contributed by atoms with Crippen LogP contribution in [0.2, 0.25) is 0 Å². The molecule has 1 aliphatic rings. The van der Waals surface area contributed by atoms with Gasteiger partial charge in [0.05, 0.1) is 19.1 Å². The number of piperidine rings is 1. The molecule has 0 atom stereocenters. The average Bonchev–Trinajstić information content (AvgIpc) is 2.65. The van der Waals surface area contributed by atoms with Gasteiger partial charge in [-0.15, -0.1) is 0 Å². The quantitative estimate of drug-likeness (QED) is 0.535. The SMILES string of the molecule is CCOC(=O)C1CCN(C(=O)CCCOc2ccc(C(C)(C)C)cc2)CC1. The van der Waals surface area contributed by atoms with Gasteiger partial charge in [0.15, 0.2) is 0 Å². The number of esters is 1. The lowest BCUT2D eigenvalue weighted by molar-refractivity contribution is -0.151. The lowest BCUT2D eigenvalue weighted by Gasteiger charge is -2.31. The third-order valence-corrected chi connectivity index (χ3v) is 4.99. The number of likely N-dealkylation sites (tertiary alicyclic amines) is 1. The second kappa shape index (κ2) is 9.77. The summed E-state index contributed by atoms with van der Waals surface area (Å²) in [6, 6.07) is 8.16. The number of ether oxygens (including phenoxy) is 2. The minimum atomic E-state index is -0.129. The Hall–Kier alpha value is -2.04. The minimum Gasteiger partial charge on any atom is -0.494 e. The molecule has 27 heavy (non-hydrogen) atoms. The Labute approximate surface area is 163 Å². The first-order valence-corrected chi connectivity index (χ1v) is 9.99. The summed E-state index contributed by atoms with van der Waals surface area (Å²) in [4.78, 5) is 25.9. The van der Waals surface area contributed by atoms with Crippen LogP contribution in [0.15, 0.2) is 24.3 Å². The van der Waals surface area contributed by atoms with Crippen LogP contribution in [0.1, 0.15) is 58.9 Å². The van der Waals surface area contributed by atoms with Crippen LogP contribution in [-0.2, 0) is 19.7 Å². The zero-order chi connectivity index (χ0) is 19.9. The highest BCUT2D eigenvalue weighted by molar-refractivity contribution is 5.77. The molecule has 0 saturated carbocycles. The number of rotatable bonds is 7. The smallest absolute Gasteiger partial charge is 0.309 e. The molecule has 1 amide bonds. The minimum absolute atomic E-state index is 0.0617. The Balaban J connectivity index is 1.66. The van der Waals surface area contributed by atoms with E-state index in [0.717, 1.165) is 5.75 Å².